The van der Waals surface area contributed by atoms with Crippen molar-refractivity contribution in [1.82, 2.24) is 5.32 Å². The Kier molecular flexibility index (Phi) is 5.30. The molecule has 0 saturated heterocycles. The molecule has 3 nitrogen and oxygen atoms in total. The van der Waals surface area contributed by atoms with Gasteiger partial charge in [0.05, 0.1) is 6.10 Å². The third kappa shape index (κ3) is 4.14. The highest BCUT2D eigenvalue weighted by molar-refractivity contribution is 6.21. The SMILES string of the molecule is CC(C)Oc1cccc(C(=O)NCC2CCCC2Cl)c1. The van der Waals surface area contributed by atoms with Gasteiger partial charge in [0.25, 0.3) is 5.91 Å². The molecule has 1 N–H and O–H groups in total. The second kappa shape index (κ2) is 6.98. The standard InChI is InChI=1S/C16H22ClNO2/c1-11(2)20-14-7-3-5-12(9-14)16(19)18-10-13-6-4-8-15(13)17/h3,5,7,9,11,13,15H,4,6,8,10H2,1-2H3,(H,18,19). The molecule has 0 spiro atoms. The molecule has 1 aromatic rings. The lowest BCUT2D eigenvalue weighted by molar-refractivity contribution is 0.0947. The molecule has 1 fully saturated rings. The van der Waals surface area contributed by atoms with Crippen molar-refractivity contribution in [3.05, 3.63) is 29.8 Å². The number of nitrogens with one attached hydrogen (secondary N) is 1. The predicted molar refractivity (Wildman–Crippen MR) is 81.5 cm³/mol. The summed E-state index contributed by atoms with van der Waals surface area (Å²) in [5, 5.41) is 3.17. The molecule has 2 unspecified atom stereocenters. The van der Waals surface area contributed by atoms with E-state index < -0.39 is 0 Å². The number of benzene rings is 1. The second-order valence-corrected chi connectivity index (χ2v) is 6.17. The van der Waals surface area contributed by atoms with Crippen molar-refractivity contribution in [2.75, 3.05) is 6.54 Å². The Morgan fingerprint density at radius 1 is 1.45 bits per heavy atom. The molecule has 1 amide bonds. The van der Waals surface area contributed by atoms with E-state index in [1.54, 1.807) is 12.1 Å². The molecule has 4 heteroatoms. The maximum Gasteiger partial charge on any atom is 0.251 e. The van der Waals surface area contributed by atoms with Crippen LogP contribution in [0.3, 0.4) is 0 Å². The minimum Gasteiger partial charge on any atom is -0.491 e. The molecule has 0 aliphatic heterocycles. The molecule has 0 radical (unpaired) electrons. The van der Waals surface area contributed by atoms with Gasteiger partial charge in [-0.1, -0.05) is 12.5 Å². The number of carbonyl (C=O) groups excluding carboxylic acids is 1. The third-order valence-electron chi connectivity index (χ3n) is 3.56. The lowest BCUT2D eigenvalue weighted by atomic mass is 10.1. The van der Waals surface area contributed by atoms with Crippen LogP contribution in [0.25, 0.3) is 0 Å². The van der Waals surface area contributed by atoms with Gasteiger partial charge in [0, 0.05) is 17.5 Å². The van der Waals surface area contributed by atoms with Crippen molar-refractivity contribution < 1.29 is 9.53 Å². The lowest BCUT2D eigenvalue weighted by Gasteiger charge is -2.15. The molecule has 0 heterocycles. The number of halogens is 1. The molecule has 0 bridgehead atoms. The van der Waals surface area contributed by atoms with E-state index in [-0.39, 0.29) is 17.4 Å². The fraction of sp³-hybridized carbons (Fsp3) is 0.562. The van der Waals surface area contributed by atoms with Gasteiger partial charge in [0.15, 0.2) is 0 Å². The number of ether oxygens (including phenoxy) is 1. The average molecular weight is 296 g/mol. The van der Waals surface area contributed by atoms with E-state index in [0.29, 0.717) is 18.0 Å². The van der Waals surface area contributed by atoms with E-state index in [0.717, 1.165) is 25.0 Å². The molecular formula is C16H22ClNO2. The van der Waals surface area contributed by atoms with Gasteiger partial charge in [-0.25, -0.2) is 0 Å². The summed E-state index contributed by atoms with van der Waals surface area (Å²) in [5.74, 6) is 1.06. The van der Waals surface area contributed by atoms with Gasteiger partial charge in [-0.3, -0.25) is 4.79 Å². The predicted octanol–water partition coefficient (Wildman–Crippen LogP) is 3.61. The van der Waals surface area contributed by atoms with Crippen LogP contribution >= 0.6 is 11.6 Å². The van der Waals surface area contributed by atoms with Gasteiger partial charge in [-0.15, -0.1) is 11.6 Å². The average Bonchev–Trinajstić information content (AvgIpc) is 2.81. The van der Waals surface area contributed by atoms with E-state index in [9.17, 15) is 4.79 Å². The molecule has 110 valence electrons. The van der Waals surface area contributed by atoms with E-state index in [1.165, 1.54) is 0 Å². The maximum absolute atomic E-state index is 12.1. The van der Waals surface area contributed by atoms with Gasteiger partial charge in [0.1, 0.15) is 5.75 Å². The molecule has 1 aliphatic carbocycles. The molecule has 1 aromatic carbocycles. The Labute approximate surface area is 125 Å². The zero-order chi connectivity index (χ0) is 14.5. The first kappa shape index (κ1) is 15.2. The summed E-state index contributed by atoms with van der Waals surface area (Å²) in [6.45, 7) is 4.59. The highest BCUT2D eigenvalue weighted by Gasteiger charge is 2.25. The molecule has 1 aliphatic rings. The summed E-state index contributed by atoms with van der Waals surface area (Å²) >= 11 is 6.22. The summed E-state index contributed by atoms with van der Waals surface area (Å²) in [7, 11) is 0. The smallest absolute Gasteiger partial charge is 0.251 e. The number of amides is 1. The van der Waals surface area contributed by atoms with E-state index in [4.69, 9.17) is 16.3 Å². The fourth-order valence-corrected chi connectivity index (χ4v) is 2.90. The van der Waals surface area contributed by atoms with Crippen LogP contribution in [0, 0.1) is 5.92 Å². The highest BCUT2D eigenvalue weighted by Crippen LogP contribution is 2.29. The number of alkyl halides is 1. The zero-order valence-electron chi connectivity index (χ0n) is 12.1. The Balaban J connectivity index is 1.91. The quantitative estimate of drug-likeness (QED) is 0.843. The van der Waals surface area contributed by atoms with Crippen LogP contribution in [-0.2, 0) is 0 Å². The Hall–Kier alpha value is -1.22. The number of carbonyl (C=O) groups is 1. The van der Waals surface area contributed by atoms with Crippen molar-refractivity contribution in [3.63, 3.8) is 0 Å². The van der Waals surface area contributed by atoms with Gasteiger partial charge in [-0.05, 0) is 50.8 Å². The Morgan fingerprint density at radius 2 is 2.25 bits per heavy atom. The summed E-state index contributed by atoms with van der Waals surface area (Å²) in [4.78, 5) is 12.1. The summed E-state index contributed by atoms with van der Waals surface area (Å²) in [6.07, 6.45) is 3.42. The lowest BCUT2D eigenvalue weighted by Crippen LogP contribution is -2.31. The molecule has 20 heavy (non-hydrogen) atoms. The minimum absolute atomic E-state index is 0.0602. The van der Waals surface area contributed by atoms with E-state index >= 15 is 0 Å². The van der Waals surface area contributed by atoms with Gasteiger partial charge < -0.3 is 10.1 Å². The number of rotatable bonds is 5. The molecule has 1 saturated carbocycles. The van der Waals surface area contributed by atoms with Crippen LogP contribution in [0.4, 0.5) is 0 Å². The fourth-order valence-electron chi connectivity index (χ4n) is 2.53. The van der Waals surface area contributed by atoms with E-state index in [2.05, 4.69) is 5.32 Å². The van der Waals surface area contributed by atoms with Gasteiger partial charge in [-0.2, -0.15) is 0 Å². The maximum atomic E-state index is 12.1. The van der Waals surface area contributed by atoms with Crippen molar-refractivity contribution in [2.24, 2.45) is 5.92 Å². The molecule has 2 atom stereocenters. The zero-order valence-corrected chi connectivity index (χ0v) is 12.8. The summed E-state index contributed by atoms with van der Waals surface area (Å²) < 4.78 is 5.60. The van der Waals surface area contributed by atoms with Crippen molar-refractivity contribution >= 4 is 17.5 Å². The third-order valence-corrected chi connectivity index (χ3v) is 4.13. The van der Waals surface area contributed by atoms with Crippen LogP contribution in [-0.4, -0.2) is 23.9 Å². The van der Waals surface area contributed by atoms with Crippen molar-refractivity contribution in [2.45, 2.75) is 44.6 Å². The monoisotopic (exact) mass is 295 g/mol. The van der Waals surface area contributed by atoms with Crippen LogP contribution in [0.15, 0.2) is 24.3 Å². The van der Waals surface area contributed by atoms with Crippen LogP contribution in [0.1, 0.15) is 43.5 Å². The highest BCUT2D eigenvalue weighted by atomic mass is 35.5. The van der Waals surface area contributed by atoms with Crippen molar-refractivity contribution in [1.29, 1.82) is 0 Å². The number of hydrogen-bond acceptors (Lipinski definition) is 2. The minimum atomic E-state index is -0.0602. The van der Waals surface area contributed by atoms with Crippen LogP contribution < -0.4 is 10.1 Å². The first-order valence-corrected chi connectivity index (χ1v) is 7.69. The van der Waals surface area contributed by atoms with E-state index in [1.807, 2.05) is 26.0 Å². The van der Waals surface area contributed by atoms with Gasteiger partial charge >= 0.3 is 0 Å². The topological polar surface area (TPSA) is 38.3 Å². The first-order valence-electron chi connectivity index (χ1n) is 7.25. The molecule has 0 aromatic heterocycles. The summed E-state index contributed by atoms with van der Waals surface area (Å²) in [5.41, 5.74) is 0.632. The molecule has 2 rings (SSSR count). The first-order chi connectivity index (χ1) is 9.56. The number of hydrogen-bond donors (Lipinski definition) is 1. The summed E-state index contributed by atoms with van der Waals surface area (Å²) in [6, 6.07) is 7.28. The molecular weight excluding hydrogens is 274 g/mol. The largest absolute Gasteiger partial charge is 0.491 e. The Bertz CT molecular complexity index is 462. The van der Waals surface area contributed by atoms with Crippen LogP contribution in [0.2, 0.25) is 0 Å². The van der Waals surface area contributed by atoms with Crippen molar-refractivity contribution in [3.8, 4) is 5.75 Å². The van der Waals surface area contributed by atoms with Gasteiger partial charge in [0.2, 0.25) is 0 Å². The Morgan fingerprint density at radius 3 is 2.90 bits per heavy atom. The second-order valence-electron chi connectivity index (χ2n) is 5.61. The normalized spacial score (nSPS) is 22.0. The van der Waals surface area contributed by atoms with Crippen LogP contribution in [0.5, 0.6) is 5.75 Å².